The van der Waals surface area contributed by atoms with Crippen LogP contribution in [0.2, 0.25) is 0 Å². The average Bonchev–Trinajstić information content (AvgIpc) is 3.27. The minimum Gasteiger partial charge on any atom is -0.365 e. The number of anilines is 1. The van der Waals surface area contributed by atoms with E-state index in [-0.39, 0.29) is 16.6 Å². The van der Waals surface area contributed by atoms with Gasteiger partial charge in [0, 0.05) is 4.88 Å². The molecule has 3 aromatic rings. The van der Waals surface area contributed by atoms with Gasteiger partial charge in [0.1, 0.15) is 11.5 Å². The van der Waals surface area contributed by atoms with Crippen LogP contribution in [0.4, 0.5) is 18.2 Å². The summed E-state index contributed by atoms with van der Waals surface area (Å²) < 4.78 is 40.9. The van der Waals surface area contributed by atoms with Crippen LogP contribution in [0.5, 0.6) is 0 Å². The summed E-state index contributed by atoms with van der Waals surface area (Å²) in [5.74, 6) is -2.48. The molecule has 1 aliphatic carbocycles. The number of thiophene rings is 1. The number of rotatable bonds is 4. The van der Waals surface area contributed by atoms with Gasteiger partial charge >= 0.3 is 6.18 Å². The van der Waals surface area contributed by atoms with Crippen LogP contribution in [0.25, 0.3) is 11.0 Å². The van der Waals surface area contributed by atoms with E-state index in [2.05, 4.69) is 10.3 Å². The number of nitrogens with two attached hydrogens (primary N) is 1. The van der Waals surface area contributed by atoms with Gasteiger partial charge in [0.2, 0.25) is 11.7 Å². The van der Waals surface area contributed by atoms with Gasteiger partial charge in [-0.05, 0) is 37.0 Å². The molecule has 0 bridgehead atoms. The van der Waals surface area contributed by atoms with E-state index in [1.54, 1.807) is 12.1 Å². The van der Waals surface area contributed by atoms with Gasteiger partial charge in [0.15, 0.2) is 0 Å². The second-order valence-electron chi connectivity index (χ2n) is 6.48. The number of amides is 2. The molecule has 0 saturated carbocycles. The number of aromatic nitrogens is 2. The highest BCUT2D eigenvalue weighted by atomic mass is 32.1. The van der Waals surface area contributed by atoms with Crippen molar-refractivity contribution in [2.45, 2.75) is 32.0 Å². The molecule has 2 heterocycles. The quantitative estimate of drug-likeness (QED) is 0.694. The fourth-order valence-corrected chi connectivity index (χ4v) is 4.83. The predicted molar refractivity (Wildman–Crippen MR) is 98.2 cm³/mol. The number of carbonyl (C=O) groups excluding carboxylic acids is 2. The molecule has 0 aliphatic heterocycles. The molecular formula is C18H15F3N4O2S. The Labute approximate surface area is 161 Å². The summed E-state index contributed by atoms with van der Waals surface area (Å²) in [6.07, 6.45) is -2.31. The number of halogens is 3. The molecule has 6 nitrogen and oxygen atoms in total. The average molecular weight is 408 g/mol. The molecule has 146 valence electrons. The lowest BCUT2D eigenvalue weighted by atomic mass is 10.1. The van der Waals surface area contributed by atoms with E-state index >= 15 is 0 Å². The van der Waals surface area contributed by atoms with Crippen LogP contribution in [0.15, 0.2) is 24.3 Å². The van der Waals surface area contributed by atoms with Gasteiger partial charge in [-0.25, -0.2) is 4.98 Å². The second-order valence-corrected chi connectivity index (χ2v) is 7.59. The van der Waals surface area contributed by atoms with E-state index in [0.717, 1.165) is 27.8 Å². The highest BCUT2D eigenvalue weighted by Gasteiger charge is 2.38. The van der Waals surface area contributed by atoms with E-state index in [0.29, 0.717) is 11.4 Å². The Kier molecular flexibility index (Phi) is 4.37. The standard InChI is InChI=1S/C18H15F3N4O2S/c19-18(20,21)17-23-10-5-1-2-6-11(10)25(17)8-13(26)24-16-14(15(22)27)9-4-3-7-12(9)28-16/h1-2,5-6H,3-4,7-8H2,(H2,22,27)(H,24,26). The Morgan fingerprint density at radius 3 is 2.71 bits per heavy atom. The van der Waals surface area contributed by atoms with Gasteiger partial charge in [0.25, 0.3) is 5.91 Å². The summed E-state index contributed by atoms with van der Waals surface area (Å²) in [4.78, 5) is 28.9. The zero-order valence-corrected chi connectivity index (χ0v) is 15.3. The molecule has 0 fully saturated rings. The summed E-state index contributed by atoms with van der Waals surface area (Å²) in [7, 11) is 0. The van der Waals surface area contributed by atoms with Crippen molar-refractivity contribution in [3.05, 3.63) is 46.1 Å². The number of fused-ring (bicyclic) bond motifs is 2. The van der Waals surface area contributed by atoms with Crippen molar-refractivity contribution in [3.8, 4) is 0 Å². The first-order valence-corrected chi connectivity index (χ1v) is 9.34. The number of hydrogen-bond donors (Lipinski definition) is 2. The lowest BCUT2D eigenvalue weighted by Gasteiger charge is -2.12. The number of imidazole rings is 1. The first-order valence-electron chi connectivity index (χ1n) is 8.52. The van der Waals surface area contributed by atoms with E-state index < -0.39 is 30.4 Å². The van der Waals surface area contributed by atoms with Crippen molar-refractivity contribution in [1.82, 2.24) is 9.55 Å². The van der Waals surface area contributed by atoms with Crippen LogP contribution in [-0.2, 0) is 30.4 Å². The monoisotopic (exact) mass is 408 g/mol. The third-order valence-electron chi connectivity index (χ3n) is 4.63. The summed E-state index contributed by atoms with van der Waals surface area (Å²) in [5, 5.41) is 2.86. The van der Waals surface area contributed by atoms with Crippen LogP contribution in [0.1, 0.15) is 33.0 Å². The molecule has 0 unspecified atom stereocenters. The number of carbonyl (C=O) groups is 2. The first kappa shape index (κ1) is 18.5. The maximum atomic E-state index is 13.4. The van der Waals surface area contributed by atoms with Gasteiger partial charge in [-0.1, -0.05) is 12.1 Å². The van der Waals surface area contributed by atoms with Crippen LogP contribution in [0, 0.1) is 0 Å². The second kappa shape index (κ2) is 6.62. The zero-order valence-electron chi connectivity index (χ0n) is 14.5. The maximum absolute atomic E-state index is 13.4. The molecule has 0 radical (unpaired) electrons. The molecule has 28 heavy (non-hydrogen) atoms. The molecule has 0 spiro atoms. The van der Waals surface area contributed by atoms with Gasteiger partial charge < -0.3 is 15.6 Å². The zero-order chi connectivity index (χ0) is 20.1. The van der Waals surface area contributed by atoms with E-state index in [9.17, 15) is 22.8 Å². The van der Waals surface area contributed by atoms with E-state index in [1.165, 1.54) is 23.5 Å². The Bertz CT molecular complexity index is 1100. The lowest BCUT2D eigenvalue weighted by Crippen LogP contribution is -2.24. The molecule has 2 aromatic heterocycles. The van der Waals surface area contributed by atoms with Gasteiger partial charge in [-0.2, -0.15) is 13.2 Å². The smallest absolute Gasteiger partial charge is 0.365 e. The van der Waals surface area contributed by atoms with Crippen molar-refractivity contribution in [1.29, 1.82) is 0 Å². The fraction of sp³-hybridized carbons (Fsp3) is 0.278. The van der Waals surface area contributed by atoms with Crippen molar-refractivity contribution in [2.75, 3.05) is 5.32 Å². The van der Waals surface area contributed by atoms with Crippen LogP contribution in [-0.4, -0.2) is 21.4 Å². The molecule has 3 N–H and O–H groups in total. The molecule has 0 atom stereocenters. The van der Waals surface area contributed by atoms with Crippen molar-refractivity contribution >= 4 is 39.2 Å². The van der Waals surface area contributed by atoms with E-state index in [1.807, 2.05) is 0 Å². The van der Waals surface area contributed by atoms with Gasteiger partial charge in [0.05, 0.1) is 16.6 Å². The predicted octanol–water partition coefficient (Wildman–Crippen LogP) is 3.34. The number of para-hydroxylation sites is 2. The molecule has 1 aliphatic rings. The number of nitrogens with zero attached hydrogens (tertiary/aromatic N) is 2. The molecule has 0 saturated heterocycles. The largest absolute Gasteiger partial charge is 0.449 e. The van der Waals surface area contributed by atoms with Crippen LogP contribution >= 0.6 is 11.3 Å². The number of benzene rings is 1. The lowest BCUT2D eigenvalue weighted by molar-refractivity contribution is -0.147. The molecule has 2 amide bonds. The van der Waals surface area contributed by atoms with Crippen LogP contribution in [0.3, 0.4) is 0 Å². The topological polar surface area (TPSA) is 90.0 Å². The fourth-order valence-electron chi connectivity index (χ4n) is 3.51. The minimum atomic E-state index is -4.71. The third-order valence-corrected chi connectivity index (χ3v) is 5.84. The normalized spacial score (nSPS) is 13.7. The first-order chi connectivity index (χ1) is 13.3. The summed E-state index contributed by atoms with van der Waals surface area (Å²) in [6, 6.07) is 6.08. The van der Waals surface area contributed by atoms with Crippen LogP contribution < -0.4 is 11.1 Å². The molecule has 4 rings (SSSR count). The van der Waals surface area contributed by atoms with E-state index in [4.69, 9.17) is 5.73 Å². The number of hydrogen-bond acceptors (Lipinski definition) is 4. The third kappa shape index (κ3) is 3.13. The Morgan fingerprint density at radius 2 is 2.00 bits per heavy atom. The van der Waals surface area contributed by atoms with Gasteiger partial charge in [-0.15, -0.1) is 11.3 Å². The highest BCUT2D eigenvalue weighted by molar-refractivity contribution is 7.17. The molecular weight excluding hydrogens is 393 g/mol. The highest BCUT2D eigenvalue weighted by Crippen LogP contribution is 2.39. The summed E-state index contributed by atoms with van der Waals surface area (Å²) in [6.45, 7) is -0.587. The minimum absolute atomic E-state index is 0.149. The number of nitrogens with one attached hydrogen (secondary N) is 1. The Morgan fingerprint density at radius 1 is 1.25 bits per heavy atom. The van der Waals surface area contributed by atoms with Crippen molar-refractivity contribution < 1.29 is 22.8 Å². The summed E-state index contributed by atoms with van der Waals surface area (Å²) >= 11 is 1.25. The number of primary amides is 1. The molecule has 10 heteroatoms. The van der Waals surface area contributed by atoms with Crippen molar-refractivity contribution in [3.63, 3.8) is 0 Å². The SMILES string of the molecule is NC(=O)c1c(NC(=O)Cn2c(C(F)(F)F)nc3ccccc32)sc2c1CCC2. The Hall–Kier alpha value is -2.88. The number of alkyl halides is 3. The van der Waals surface area contributed by atoms with Gasteiger partial charge in [-0.3, -0.25) is 9.59 Å². The maximum Gasteiger partial charge on any atom is 0.449 e. The van der Waals surface area contributed by atoms with Crippen molar-refractivity contribution in [2.24, 2.45) is 5.73 Å². The molecule has 1 aromatic carbocycles. The Balaban J connectivity index is 1.66. The number of aryl methyl sites for hydroxylation is 1. The summed E-state index contributed by atoms with van der Waals surface area (Å²) in [5.41, 5.74) is 6.90.